The van der Waals surface area contributed by atoms with Crippen LogP contribution in [0.5, 0.6) is 0 Å². The summed E-state index contributed by atoms with van der Waals surface area (Å²) in [5.41, 5.74) is 0. The number of thiophene rings is 1. The predicted octanol–water partition coefficient (Wildman–Crippen LogP) is 2.45. The number of aliphatic carboxylic acids is 1. The second kappa shape index (κ2) is 6.54. The number of fused-ring (bicyclic) bond motifs is 9. The molecule has 0 radical (unpaired) electrons. The highest BCUT2D eigenvalue weighted by atomic mass is 32.2. The molecule has 3 fully saturated rings. The Labute approximate surface area is 183 Å². The number of carbonyl (C=O) groups excluding carboxylic acids is 2. The lowest BCUT2D eigenvalue weighted by molar-refractivity contribution is -0.142. The number of imide groups is 1. The molecular weight excluding hydrogens is 444 g/mol. The van der Waals surface area contributed by atoms with Crippen molar-refractivity contribution in [2.24, 2.45) is 29.6 Å². The van der Waals surface area contributed by atoms with E-state index >= 15 is 0 Å². The molecule has 0 aromatic carbocycles. The van der Waals surface area contributed by atoms with Crippen LogP contribution in [0.25, 0.3) is 0 Å². The van der Waals surface area contributed by atoms with E-state index in [2.05, 4.69) is 11.1 Å². The minimum absolute atomic E-state index is 0.0447. The fourth-order valence-electron chi connectivity index (χ4n) is 6.29. The van der Waals surface area contributed by atoms with Crippen LogP contribution in [0, 0.1) is 29.6 Å². The van der Waals surface area contributed by atoms with Gasteiger partial charge in [-0.25, -0.2) is 0 Å². The lowest BCUT2D eigenvalue weighted by Crippen LogP contribution is -2.42. The maximum Gasteiger partial charge on any atom is 0.305 e. The van der Waals surface area contributed by atoms with Gasteiger partial charge in [0.1, 0.15) is 0 Å². The number of carboxylic acid groups (broad SMARTS) is 1. The Hall–Kier alpha value is -1.91. The van der Waals surface area contributed by atoms with Crippen molar-refractivity contribution in [1.82, 2.24) is 9.88 Å². The molecule has 2 aromatic rings. The van der Waals surface area contributed by atoms with Crippen LogP contribution >= 0.6 is 34.4 Å². The second-order valence-electron chi connectivity index (χ2n) is 8.45. The first-order chi connectivity index (χ1) is 14.5. The third-order valence-electron chi connectivity index (χ3n) is 7.21. The van der Waals surface area contributed by atoms with E-state index in [4.69, 9.17) is 5.11 Å². The molecule has 2 aromatic heterocycles. The van der Waals surface area contributed by atoms with Crippen LogP contribution in [0.15, 0.2) is 27.3 Å². The van der Waals surface area contributed by atoms with E-state index in [0.717, 1.165) is 16.3 Å². The van der Waals surface area contributed by atoms with Crippen molar-refractivity contribution in [2.75, 3.05) is 6.54 Å². The highest BCUT2D eigenvalue weighted by Gasteiger charge is 2.69. The lowest BCUT2D eigenvalue weighted by atomic mass is 9.69. The quantitative estimate of drug-likeness (QED) is 0.676. The minimum atomic E-state index is -1.01. The summed E-state index contributed by atoms with van der Waals surface area (Å²) in [7, 11) is 0. The van der Waals surface area contributed by atoms with Crippen LogP contribution in [-0.2, 0) is 14.4 Å². The summed E-state index contributed by atoms with van der Waals surface area (Å²) in [6.45, 7) is -0.0447. The molecule has 2 amide bonds. The summed E-state index contributed by atoms with van der Waals surface area (Å²) in [5, 5.41) is 12.1. The molecule has 7 atom stereocenters. The van der Waals surface area contributed by atoms with Crippen LogP contribution in [0.4, 0.5) is 0 Å². The monoisotopic (exact) mass is 462 g/mol. The third kappa shape index (κ3) is 2.44. The first kappa shape index (κ1) is 18.8. The van der Waals surface area contributed by atoms with Gasteiger partial charge in [0.15, 0.2) is 0 Å². The molecule has 6 rings (SSSR count). The molecule has 1 saturated heterocycles. The average molecular weight is 463 g/mol. The van der Waals surface area contributed by atoms with Gasteiger partial charge in [-0.2, -0.15) is 0 Å². The Morgan fingerprint density at radius 3 is 2.67 bits per heavy atom. The molecule has 4 heterocycles. The van der Waals surface area contributed by atoms with Crippen molar-refractivity contribution in [3.8, 4) is 0 Å². The van der Waals surface area contributed by atoms with E-state index in [1.807, 2.05) is 11.4 Å². The normalized spacial score (nSPS) is 36.1. The highest BCUT2D eigenvalue weighted by molar-refractivity contribution is 8.00. The predicted molar refractivity (Wildman–Crippen MR) is 112 cm³/mol. The Morgan fingerprint density at radius 2 is 1.97 bits per heavy atom. The molecule has 2 N–H and O–H groups in total. The zero-order valence-electron chi connectivity index (χ0n) is 15.6. The fourth-order valence-corrected chi connectivity index (χ4v) is 10.1. The number of nitrogens with one attached hydrogen (secondary N) is 1. The Morgan fingerprint density at radius 1 is 1.20 bits per heavy atom. The van der Waals surface area contributed by atoms with Crippen LogP contribution in [0.2, 0.25) is 0 Å². The number of thiazole rings is 1. The molecule has 10 heteroatoms. The number of thioether (sulfide) groups is 1. The van der Waals surface area contributed by atoms with Gasteiger partial charge >= 0.3 is 10.8 Å². The van der Waals surface area contributed by atoms with Crippen LogP contribution < -0.4 is 4.87 Å². The number of likely N-dealkylation sites (tertiary alicyclic amines) is 1. The van der Waals surface area contributed by atoms with Crippen molar-refractivity contribution >= 4 is 52.2 Å². The molecule has 2 saturated carbocycles. The SMILES string of the molecule is O=C(O)CCN1C(=O)[C@@H]2[C@@H]3C[C@@H]([C@H]4Sc5[nH]c(=O)sc5[C@H](c5cccs5)[C@H]34)[C@@H]2C1=O. The van der Waals surface area contributed by atoms with E-state index in [9.17, 15) is 19.2 Å². The number of amides is 2. The lowest BCUT2D eigenvalue weighted by Gasteiger charge is -2.42. The number of nitrogens with zero attached hydrogens (tertiary/aromatic N) is 1. The van der Waals surface area contributed by atoms with E-state index < -0.39 is 5.97 Å². The van der Waals surface area contributed by atoms with Crippen molar-refractivity contribution in [1.29, 1.82) is 0 Å². The van der Waals surface area contributed by atoms with Gasteiger partial charge in [-0.1, -0.05) is 17.4 Å². The summed E-state index contributed by atoms with van der Waals surface area (Å²) >= 11 is 4.60. The molecule has 7 nitrogen and oxygen atoms in total. The van der Waals surface area contributed by atoms with Gasteiger partial charge in [0.05, 0.1) is 23.3 Å². The smallest absolute Gasteiger partial charge is 0.305 e. The summed E-state index contributed by atoms with van der Waals surface area (Å²) < 4.78 is 0. The maximum absolute atomic E-state index is 13.2. The molecule has 156 valence electrons. The van der Waals surface area contributed by atoms with Gasteiger partial charge in [0.25, 0.3) is 0 Å². The first-order valence-corrected chi connectivity index (χ1v) is 12.5. The van der Waals surface area contributed by atoms with Gasteiger partial charge in [0, 0.05) is 27.5 Å². The number of carboxylic acids is 1. The summed E-state index contributed by atoms with van der Waals surface area (Å²) in [4.78, 5) is 55.7. The van der Waals surface area contributed by atoms with E-state index in [1.165, 1.54) is 21.1 Å². The third-order valence-corrected chi connectivity index (χ3v) is 10.8. The van der Waals surface area contributed by atoms with Crippen LogP contribution in [0.3, 0.4) is 0 Å². The molecule has 2 bridgehead atoms. The molecule has 0 spiro atoms. The average Bonchev–Trinajstić information content (AvgIpc) is 3.48. The summed E-state index contributed by atoms with van der Waals surface area (Å²) in [6, 6.07) is 4.11. The number of aromatic nitrogens is 1. The van der Waals surface area contributed by atoms with Gasteiger partial charge in [-0.3, -0.25) is 24.1 Å². The molecular formula is C20H18N2O5S3. The number of hydrogen-bond acceptors (Lipinski definition) is 7. The zero-order chi connectivity index (χ0) is 20.7. The van der Waals surface area contributed by atoms with Crippen LogP contribution in [0.1, 0.15) is 28.5 Å². The zero-order valence-corrected chi connectivity index (χ0v) is 18.1. The van der Waals surface area contributed by atoms with Gasteiger partial charge in [-0.05, 0) is 35.6 Å². The van der Waals surface area contributed by atoms with E-state index in [-0.39, 0.29) is 70.4 Å². The second-order valence-corrected chi connectivity index (χ2v) is 11.6. The number of hydrogen-bond donors (Lipinski definition) is 2. The Bertz CT molecular complexity index is 1120. The fraction of sp³-hybridized carbons (Fsp3) is 0.500. The van der Waals surface area contributed by atoms with Crippen molar-refractivity contribution in [3.05, 3.63) is 36.9 Å². The molecule has 2 aliphatic heterocycles. The van der Waals surface area contributed by atoms with E-state index in [0.29, 0.717) is 0 Å². The molecule has 30 heavy (non-hydrogen) atoms. The van der Waals surface area contributed by atoms with Gasteiger partial charge in [0.2, 0.25) is 11.8 Å². The van der Waals surface area contributed by atoms with Crippen LogP contribution in [-0.4, -0.2) is 44.6 Å². The number of H-pyrrole nitrogens is 1. The standard InChI is InChI=1S/C20H18N2O5S3/c23-10(24)3-4-22-18(25)12-7-6-8(13(12)19(22)26)15-11(7)14(9-2-1-5-28-9)16-17(29-15)21-20(27)30-16/h1-2,5,7-8,11-15H,3-4,6H2,(H,21,27)(H,23,24)/t7-,8-,11+,12-,13+,14-,15-/m1/s1. The Balaban J connectivity index is 1.40. The van der Waals surface area contributed by atoms with Gasteiger partial charge in [-0.15, -0.1) is 23.1 Å². The number of rotatable bonds is 4. The number of aromatic amines is 1. The molecule has 4 aliphatic rings. The maximum atomic E-state index is 13.2. The largest absolute Gasteiger partial charge is 0.481 e. The Kier molecular flexibility index (Phi) is 4.11. The van der Waals surface area contributed by atoms with Crippen molar-refractivity contribution in [3.63, 3.8) is 0 Å². The highest BCUT2D eigenvalue weighted by Crippen LogP contribution is 2.68. The minimum Gasteiger partial charge on any atom is -0.481 e. The topological polar surface area (TPSA) is 108 Å². The molecule has 0 unspecified atom stereocenters. The van der Waals surface area contributed by atoms with Gasteiger partial charge < -0.3 is 10.1 Å². The van der Waals surface area contributed by atoms with Crippen molar-refractivity contribution < 1.29 is 19.5 Å². The number of carbonyl (C=O) groups is 3. The first-order valence-electron chi connectivity index (χ1n) is 9.95. The van der Waals surface area contributed by atoms with E-state index in [1.54, 1.807) is 23.1 Å². The van der Waals surface area contributed by atoms with Crippen molar-refractivity contribution in [2.45, 2.75) is 29.0 Å². The molecule has 2 aliphatic carbocycles. The summed E-state index contributed by atoms with van der Waals surface area (Å²) in [5.74, 6) is -1.65. The summed E-state index contributed by atoms with van der Waals surface area (Å²) in [6.07, 6.45) is 0.632.